The Morgan fingerprint density at radius 1 is 1.00 bits per heavy atom. The normalized spacial score (nSPS) is 11.3. The maximum absolute atomic E-state index is 13.1. The van der Waals surface area contributed by atoms with Crippen molar-refractivity contribution in [2.75, 3.05) is 14.2 Å². The second-order valence-corrected chi connectivity index (χ2v) is 7.16. The number of halogens is 4. The van der Waals surface area contributed by atoms with Gasteiger partial charge in [-0.2, -0.15) is 18.3 Å². The van der Waals surface area contributed by atoms with Gasteiger partial charge in [0.15, 0.2) is 5.69 Å². The number of rotatable bonds is 4. The first-order valence-corrected chi connectivity index (χ1v) is 9.49. The lowest BCUT2D eigenvalue weighted by Gasteiger charge is -2.10. The fourth-order valence-corrected chi connectivity index (χ4v) is 3.67. The van der Waals surface area contributed by atoms with Crippen LogP contribution in [0.3, 0.4) is 0 Å². The van der Waals surface area contributed by atoms with Crippen LogP contribution in [0.25, 0.3) is 16.9 Å². The van der Waals surface area contributed by atoms with E-state index in [1.807, 2.05) is 0 Å². The molecule has 0 fully saturated rings. The minimum Gasteiger partial charge on any atom is -0.465 e. The molecule has 0 radical (unpaired) electrons. The number of benzene rings is 2. The topological polar surface area (TPSA) is 70.4 Å². The highest BCUT2D eigenvalue weighted by molar-refractivity contribution is 14.1. The summed E-state index contributed by atoms with van der Waals surface area (Å²) in [5.41, 5.74) is -0.548. The molecule has 0 saturated carbocycles. The minimum absolute atomic E-state index is 0.00209. The average Bonchev–Trinajstić information content (AvgIpc) is 3.13. The van der Waals surface area contributed by atoms with Crippen molar-refractivity contribution in [2.45, 2.75) is 6.18 Å². The van der Waals surface area contributed by atoms with Crippen molar-refractivity contribution >= 4 is 34.5 Å². The second kappa shape index (κ2) is 8.46. The molecule has 0 N–H and O–H groups in total. The molecule has 0 bridgehead atoms. The van der Waals surface area contributed by atoms with Gasteiger partial charge in [-0.1, -0.05) is 24.3 Å². The summed E-state index contributed by atoms with van der Waals surface area (Å²) in [7, 11) is 2.27. The summed E-state index contributed by atoms with van der Waals surface area (Å²) in [6.07, 6.45) is -4.53. The monoisotopic (exact) mass is 530 g/mol. The molecule has 6 nitrogen and oxygen atoms in total. The van der Waals surface area contributed by atoms with Crippen LogP contribution in [0.1, 0.15) is 26.4 Å². The number of methoxy groups -OCH3 is 2. The van der Waals surface area contributed by atoms with E-state index in [1.165, 1.54) is 16.8 Å². The molecule has 0 amide bonds. The number of esters is 2. The fraction of sp³-hybridized carbons (Fsp3) is 0.150. The number of aromatic nitrogens is 2. The summed E-state index contributed by atoms with van der Waals surface area (Å²) in [6, 6.07) is 11.8. The molecule has 0 unspecified atom stereocenters. The minimum atomic E-state index is -4.53. The predicted octanol–water partition coefficient (Wildman–Crippen LogP) is 4.74. The Morgan fingerprint density at radius 2 is 1.63 bits per heavy atom. The van der Waals surface area contributed by atoms with E-state index in [0.29, 0.717) is 5.69 Å². The summed E-state index contributed by atoms with van der Waals surface area (Å²) in [6.45, 7) is 0. The van der Waals surface area contributed by atoms with Crippen molar-refractivity contribution in [1.82, 2.24) is 9.78 Å². The Kier molecular flexibility index (Phi) is 6.15. The zero-order chi connectivity index (χ0) is 22.1. The molecule has 1 heterocycles. The van der Waals surface area contributed by atoms with Crippen molar-refractivity contribution in [3.63, 3.8) is 0 Å². The van der Waals surface area contributed by atoms with Gasteiger partial charge in [-0.3, -0.25) is 0 Å². The van der Waals surface area contributed by atoms with E-state index in [9.17, 15) is 22.8 Å². The van der Waals surface area contributed by atoms with Gasteiger partial charge in [-0.05, 0) is 46.9 Å². The first kappa shape index (κ1) is 21.8. The van der Waals surface area contributed by atoms with E-state index in [4.69, 9.17) is 9.47 Å². The number of nitrogens with zero attached hydrogens (tertiary/aromatic N) is 2. The first-order valence-electron chi connectivity index (χ1n) is 8.41. The highest BCUT2D eigenvalue weighted by atomic mass is 127. The van der Waals surface area contributed by atoms with Gasteiger partial charge < -0.3 is 9.47 Å². The lowest BCUT2D eigenvalue weighted by atomic mass is 10.0. The third-order valence-corrected chi connectivity index (χ3v) is 5.09. The van der Waals surface area contributed by atoms with Crippen molar-refractivity contribution in [3.05, 3.63) is 68.9 Å². The molecule has 0 aliphatic rings. The van der Waals surface area contributed by atoms with Gasteiger partial charge in [0.25, 0.3) is 0 Å². The van der Waals surface area contributed by atoms with Crippen LogP contribution in [0.2, 0.25) is 0 Å². The van der Waals surface area contributed by atoms with Crippen molar-refractivity contribution < 1.29 is 32.2 Å². The molecule has 30 heavy (non-hydrogen) atoms. The summed E-state index contributed by atoms with van der Waals surface area (Å²) >= 11 is 1.56. The summed E-state index contributed by atoms with van der Waals surface area (Å²) in [4.78, 5) is 25.0. The lowest BCUT2D eigenvalue weighted by Crippen LogP contribution is -2.15. The van der Waals surface area contributed by atoms with Gasteiger partial charge >= 0.3 is 18.1 Å². The molecule has 3 rings (SSSR count). The van der Waals surface area contributed by atoms with E-state index in [1.54, 1.807) is 52.9 Å². The molecule has 0 aliphatic carbocycles. The van der Waals surface area contributed by atoms with Crippen LogP contribution < -0.4 is 0 Å². The van der Waals surface area contributed by atoms with E-state index < -0.39 is 23.7 Å². The van der Waals surface area contributed by atoms with Crippen LogP contribution >= 0.6 is 22.6 Å². The third kappa shape index (κ3) is 4.04. The number of para-hydroxylation sites is 1. The maximum Gasteiger partial charge on any atom is 0.417 e. The molecule has 0 saturated heterocycles. The smallest absolute Gasteiger partial charge is 0.417 e. The molecule has 0 atom stereocenters. The Balaban J connectivity index is 2.32. The van der Waals surface area contributed by atoms with E-state index >= 15 is 0 Å². The number of hydrogen-bond donors (Lipinski definition) is 0. The predicted molar refractivity (Wildman–Crippen MR) is 109 cm³/mol. The fourth-order valence-electron chi connectivity index (χ4n) is 2.85. The highest BCUT2D eigenvalue weighted by Gasteiger charge is 2.35. The molecule has 0 aliphatic heterocycles. The Morgan fingerprint density at radius 3 is 2.17 bits per heavy atom. The van der Waals surface area contributed by atoms with Crippen LogP contribution in [0, 0.1) is 3.57 Å². The van der Waals surface area contributed by atoms with Crippen LogP contribution in [0.5, 0.6) is 0 Å². The first-order chi connectivity index (χ1) is 14.2. The molecular weight excluding hydrogens is 516 g/mol. The standard InChI is InChI=1S/C20H14F3IN2O4/c1-29-18(27)15-16(11-8-9-13(14(24)10-11)20(21,22)23)25-26(17(15)19(28)30-2)12-6-4-3-5-7-12/h3-10H,1-2H3. The molecule has 156 valence electrons. The molecular formula is C20H14F3IN2O4. The lowest BCUT2D eigenvalue weighted by molar-refractivity contribution is -0.138. The van der Waals surface area contributed by atoms with Crippen LogP contribution in [-0.2, 0) is 15.7 Å². The molecule has 0 spiro atoms. The number of hydrogen-bond acceptors (Lipinski definition) is 5. The zero-order valence-corrected chi connectivity index (χ0v) is 17.8. The van der Waals surface area contributed by atoms with Crippen LogP contribution in [0.15, 0.2) is 48.5 Å². The molecule has 2 aromatic carbocycles. The highest BCUT2D eigenvalue weighted by Crippen LogP contribution is 2.36. The Bertz CT molecular complexity index is 1110. The van der Waals surface area contributed by atoms with Gasteiger partial charge in [0, 0.05) is 9.13 Å². The van der Waals surface area contributed by atoms with Gasteiger partial charge in [0.2, 0.25) is 0 Å². The molecule has 10 heteroatoms. The largest absolute Gasteiger partial charge is 0.465 e. The average molecular weight is 530 g/mol. The zero-order valence-electron chi connectivity index (χ0n) is 15.7. The van der Waals surface area contributed by atoms with Crippen molar-refractivity contribution in [3.8, 4) is 16.9 Å². The maximum atomic E-state index is 13.1. The van der Waals surface area contributed by atoms with E-state index in [0.717, 1.165) is 20.3 Å². The van der Waals surface area contributed by atoms with Crippen molar-refractivity contribution in [2.24, 2.45) is 0 Å². The van der Waals surface area contributed by atoms with E-state index in [2.05, 4.69) is 5.10 Å². The number of ether oxygens (including phenoxy) is 2. The van der Waals surface area contributed by atoms with E-state index in [-0.39, 0.29) is 26.1 Å². The van der Waals surface area contributed by atoms with Gasteiger partial charge in [0.1, 0.15) is 11.3 Å². The SMILES string of the molecule is COC(=O)c1c(-c2ccc(C(F)(F)F)c(I)c2)nn(-c2ccccc2)c1C(=O)OC. The van der Waals surface area contributed by atoms with Crippen LogP contribution in [0.4, 0.5) is 13.2 Å². The Hall–Kier alpha value is -2.89. The van der Waals surface area contributed by atoms with Gasteiger partial charge in [-0.25, -0.2) is 14.3 Å². The number of carbonyl (C=O) groups excluding carboxylic acids is 2. The van der Waals surface area contributed by atoms with Crippen molar-refractivity contribution in [1.29, 1.82) is 0 Å². The summed E-state index contributed by atoms with van der Waals surface area (Å²) in [5, 5.41) is 4.35. The van der Waals surface area contributed by atoms with Crippen LogP contribution in [-0.4, -0.2) is 35.9 Å². The van der Waals surface area contributed by atoms with Gasteiger partial charge in [0.05, 0.1) is 25.5 Å². The Labute approximate surface area is 182 Å². The van der Waals surface area contributed by atoms with Gasteiger partial charge in [-0.15, -0.1) is 0 Å². The number of alkyl halides is 3. The second-order valence-electron chi connectivity index (χ2n) is 6.00. The summed E-state index contributed by atoms with van der Waals surface area (Å²) in [5.74, 6) is -1.72. The molecule has 1 aromatic heterocycles. The summed E-state index contributed by atoms with van der Waals surface area (Å²) < 4.78 is 50.1. The quantitative estimate of drug-likeness (QED) is 0.360. The third-order valence-electron chi connectivity index (χ3n) is 4.20. The number of carbonyl (C=O) groups is 2. The molecule has 3 aromatic rings.